The number of carbonyl (C=O) groups is 2. The van der Waals surface area contributed by atoms with E-state index in [0.29, 0.717) is 17.8 Å². The summed E-state index contributed by atoms with van der Waals surface area (Å²) in [4.78, 5) is 28.8. The Morgan fingerprint density at radius 1 is 0.720 bits per heavy atom. The van der Waals surface area contributed by atoms with Gasteiger partial charge in [0.15, 0.2) is 5.78 Å². The van der Waals surface area contributed by atoms with E-state index in [-0.39, 0.29) is 34.2 Å². The normalized spacial score (nSPS) is 12.5. The number of benzene rings is 2. The van der Waals surface area contributed by atoms with Crippen molar-refractivity contribution in [3.8, 4) is 5.75 Å². The van der Waals surface area contributed by atoms with Crippen LogP contribution in [-0.4, -0.2) is 25.2 Å². The number of azo groups is 1. The second-order valence-corrected chi connectivity index (χ2v) is 12.5. The van der Waals surface area contributed by atoms with Crippen LogP contribution in [0.1, 0.15) is 69.2 Å². The molecule has 0 radical (unpaired) electrons. The number of pyridine rings is 1. The molecule has 0 atom stereocenters. The highest BCUT2D eigenvalue weighted by Gasteiger charge is 2.15. The molecule has 0 bridgehead atoms. The van der Waals surface area contributed by atoms with Gasteiger partial charge in [-0.1, -0.05) is 85.9 Å². The van der Waals surface area contributed by atoms with Crippen molar-refractivity contribution in [2.45, 2.75) is 63.7 Å². The summed E-state index contributed by atoms with van der Waals surface area (Å²) in [7, 11) is -3.82. The van der Waals surface area contributed by atoms with E-state index in [9.17, 15) is 18.0 Å². The van der Waals surface area contributed by atoms with Crippen molar-refractivity contribution in [1.82, 2.24) is 4.98 Å². The summed E-state index contributed by atoms with van der Waals surface area (Å²) >= 11 is 0. The van der Waals surface area contributed by atoms with Crippen LogP contribution in [0.15, 0.2) is 155 Å². The van der Waals surface area contributed by atoms with Gasteiger partial charge in [-0.15, -0.1) is 0 Å². The highest BCUT2D eigenvalue weighted by atomic mass is 32.2. The first-order valence-corrected chi connectivity index (χ1v) is 18.0. The minimum atomic E-state index is -3.82. The van der Waals surface area contributed by atoms with Crippen LogP contribution in [-0.2, 0) is 14.8 Å². The Kier molecular flexibility index (Phi) is 17.3. The van der Waals surface area contributed by atoms with Crippen LogP contribution in [0.5, 0.6) is 5.75 Å². The standard InChI is InChI=1S/C40H44N4O5S/c1-3-4-5-6-7-8-9-10-11-12-13-14-15-16-17-18-19-20-24-40(46)49-38-30-27-35(32-37(38)33(2)45)43-42-34-25-28-36(29-26-34)50(47,48)44-39-23-21-22-31-41-39/h4-5,7-8,10-11,13-14,16-17,19-23,25-32H,3,6,9,12,15,18,24H2,1-2H3,(H,41,44). The Balaban J connectivity index is 1.41. The molecule has 0 aliphatic heterocycles. The van der Waals surface area contributed by atoms with Crippen LogP contribution in [0.3, 0.4) is 0 Å². The smallest absolute Gasteiger partial charge is 0.315 e. The number of sulfonamides is 1. The van der Waals surface area contributed by atoms with Crippen LogP contribution >= 0.6 is 0 Å². The topological polar surface area (TPSA) is 127 Å². The molecule has 9 nitrogen and oxygen atoms in total. The average molecular weight is 693 g/mol. The quantitative estimate of drug-likeness (QED) is 0.0413. The molecule has 1 aromatic heterocycles. The Morgan fingerprint density at radius 2 is 1.26 bits per heavy atom. The Labute approximate surface area is 295 Å². The van der Waals surface area contributed by atoms with Gasteiger partial charge in [0.2, 0.25) is 0 Å². The fourth-order valence-corrected chi connectivity index (χ4v) is 5.25. The molecule has 260 valence electrons. The van der Waals surface area contributed by atoms with E-state index in [2.05, 4.69) is 81.5 Å². The SMILES string of the molecule is CCC=CCC=CCC=CCC=CCC=CCC=CCC(=O)Oc1ccc(N=Nc2ccc(S(=O)(=O)Nc3ccccn3)cc2)cc1C(C)=O. The van der Waals surface area contributed by atoms with Gasteiger partial charge >= 0.3 is 5.97 Å². The number of hydrogen-bond acceptors (Lipinski definition) is 8. The fraction of sp³-hybridized carbons (Fsp3) is 0.225. The van der Waals surface area contributed by atoms with Crippen LogP contribution < -0.4 is 9.46 Å². The Morgan fingerprint density at radius 3 is 1.80 bits per heavy atom. The first-order valence-electron chi connectivity index (χ1n) is 16.5. The van der Waals surface area contributed by atoms with Crippen LogP contribution in [0.2, 0.25) is 0 Å². The van der Waals surface area contributed by atoms with Crippen molar-refractivity contribution in [3.05, 3.63) is 145 Å². The summed E-state index contributed by atoms with van der Waals surface area (Å²) in [6.45, 7) is 3.51. The van der Waals surface area contributed by atoms with Crippen molar-refractivity contribution in [2.75, 3.05) is 4.72 Å². The number of rotatable bonds is 20. The van der Waals surface area contributed by atoms with Crippen LogP contribution in [0.25, 0.3) is 0 Å². The van der Waals surface area contributed by atoms with E-state index >= 15 is 0 Å². The van der Waals surface area contributed by atoms with E-state index in [4.69, 9.17) is 4.74 Å². The van der Waals surface area contributed by atoms with E-state index in [1.807, 2.05) is 12.2 Å². The number of aromatic nitrogens is 1. The lowest BCUT2D eigenvalue weighted by Gasteiger charge is -2.08. The van der Waals surface area contributed by atoms with Gasteiger partial charge in [0, 0.05) is 6.20 Å². The molecular weight excluding hydrogens is 649 g/mol. The number of hydrogen-bond donors (Lipinski definition) is 1. The molecule has 50 heavy (non-hydrogen) atoms. The molecule has 3 aromatic rings. The van der Waals surface area contributed by atoms with E-state index in [1.54, 1.807) is 30.3 Å². The molecule has 0 unspecified atom stereocenters. The maximum absolute atomic E-state index is 12.6. The average Bonchev–Trinajstić information content (AvgIpc) is 3.11. The van der Waals surface area contributed by atoms with Crippen molar-refractivity contribution in [3.63, 3.8) is 0 Å². The van der Waals surface area contributed by atoms with E-state index in [1.165, 1.54) is 49.5 Å². The Bertz CT molecular complexity index is 1840. The van der Waals surface area contributed by atoms with Crippen molar-refractivity contribution in [2.24, 2.45) is 10.2 Å². The molecule has 3 rings (SSSR count). The van der Waals surface area contributed by atoms with Gasteiger partial charge in [-0.25, -0.2) is 13.4 Å². The third kappa shape index (κ3) is 15.2. The summed E-state index contributed by atoms with van der Waals surface area (Å²) in [5.41, 5.74) is 0.957. The largest absolute Gasteiger partial charge is 0.426 e. The fourth-order valence-electron chi connectivity index (χ4n) is 4.24. The minimum Gasteiger partial charge on any atom is -0.426 e. The van der Waals surface area contributed by atoms with Crippen LogP contribution in [0.4, 0.5) is 17.2 Å². The number of nitrogens with one attached hydrogen (secondary N) is 1. The van der Waals surface area contributed by atoms with Gasteiger partial charge in [0.1, 0.15) is 11.6 Å². The molecule has 0 aliphatic rings. The zero-order valence-corrected chi connectivity index (χ0v) is 29.3. The third-order valence-electron chi connectivity index (χ3n) is 6.78. The molecule has 0 spiro atoms. The van der Waals surface area contributed by atoms with Gasteiger partial charge in [0.05, 0.1) is 28.3 Å². The van der Waals surface area contributed by atoms with E-state index < -0.39 is 16.0 Å². The highest BCUT2D eigenvalue weighted by Crippen LogP contribution is 2.27. The van der Waals surface area contributed by atoms with Crippen molar-refractivity contribution < 1.29 is 22.7 Å². The van der Waals surface area contributed by atoms with Gasteiger partial charge in [-0.05, 0) is 100 Å². The molecule has 1 heterocycles. The van der Waals surface area contributed by atoms with Gasteiger partial charge in [-0.3, -0.25) is 14.3 Å². The zero-order chi connectivity index (χ0) is 35.9. The molecular formula is C40H44N4O5S. The zero-order valence-electron chi connectivity index (χ0n) is 28.5. The summed E-state index contributed by atoms with van der Waals surface area (Å²) < 4.78 is 33.1. The number of ketones is 1. The first kappa shape index (κ1) is 39.0. The molecule has 2 aromatic carbocycles. The summed E-state index contributed by atoms with van der Waals surface area (Å²) in [6.07, 6.45) is 32.1. The Hall–Kier alpha value is -5.48. The predicted octanol–water partition coefficient (Wildman–Crippen LogP) is 10.5. The first-order chi connectivity index (χ1) is 24.3. The number of esters is 1. The van der Waals surface area contributed by atoms with E-state index in [0.717, 1.165) is 32.1 Å². The maximum Gasteiger partial charge on any atom is 0.315 e. The lowest BCUT2D eigenvalue weighted by atomic mass is 10.1. The van der Waals surface area contributed by atoms with Gasteiger partial charge in [0.25, 0.3) is 10.0 Å². The lowest BCUT2D eigenvalue weighted by Crippen LogP contribution is -2.13. The number of nitrogens with zero attached hydrogens (tertiary/aromatic N) is 3. The van der Waals surface area contributed by atoms with Crippen molar-refractivity contribution in [1.29, 1.82) is 0 Å². The number of carbonyl (C=O) groups excluding carboxylic acids is 2. The number of allylic oxidation sites excluding steroid dienone is 11. The molecule has 10 heteroatoms. The molecule has 0 saturated carbocycles. The molecule has 0 aliphatic carbocycles. The maximum atomic E-state index is 12.6. The van der Waals surface area contributed by atoms with Crippen LogP contribution in [0, 0.1) is 0 Å². The second kappa shape index (κ2) is 22.2. The molecule has 0 fully saturated rings. The molecule has 1 N–H and O–H groups in total. The lowest BCUT2D eigenvalue weighted by molar-refractivity contribution is -0.133. The summed E-state index contributed by atoms with van der Waals surface area (Å²) in [5, 5.41) is 8.30. The third-order valence-corrected chi connectivity index (χ3v) is 8.15. The summed E-state index contributed by atoms with van der Waals surface area (Å²) in [6, 6.07) is 15.3. The number of anilines is 1. The van der Waals surface area contributed by atoms with Gasteiger partial charge in [-0.2, -0.15) is 10.2 Å². The monoisotopic (exact) mass is 692 g/mol. The molecule has 0 saturated heterocycles. The number of Topliss-reactive ketones (excluding diaryl/α,β-unsaturated/α-hetero) is 1. The molecule has 0 amide bonds. The van der Waals surface area contributed by atoms with Crippen molar-refractivity contribution >= 4 is 39.0 Å². The minimum absolute atomic E-state index is 0.0381. The summed E-state index contributed by atoms with van der Waals surface area (Å²) in [5.74, 6) is -0.439. The highest BCUT2D eigenvalue weighted by molar-refractivity contribution is 7.92. The second-order valence-electron chi connectivity index (χ2n) is 10.8. The number of ether oxygens (including phenoxy) is 1. The van der Waals surface area contributed by atoms with Gasteiger partial charge < -0.3 is 4.74 Å². The predicted molar refractivity (Wildman–Crippen MR) is 201 cm³/mol.